The van der Waals surface area contributed by atoms with Crippen molar-refractivity contribution in [3.8, 4) is 16.9 Å². The molecule has 2 heterocycles. The number of hydrogen-bond acceptors (Lipinski definition) is 5. The van der Waals surface area contributed by atoms with Crippen LogP contribution in [0.5, 0.6) is 5.75 Å². The number of methoxy groups -OCH3 is 1. The standard InChI is InChI=1S/C20H11F3O5/c1-26-12-4-2-11-7-13(19(25)28-17(11)8-12)10-3-5-16-14(6-10)15(20(21,22)23)9-18(24)27-16/h2-9H,1H3. The normalized spacial score (nSPS) is 11.9. The van der Waals surface area contributed by atoms with Crippen molar-refractivity contribution >= 4 is 21.9 Å². The van der Waals surface area contributed by atoms with Crippen LogP contribution in [-0.4, -0.2) is 7.11 Å². The zero-order valence-electron chi connectivity index (χ0n) is 14.3. The fourth-order valence-corrected chi connectivity index (χ4v) is 2.98. The van der Waals surface area contributed by atoms with E-state index in [0.717, 1.165) is 6.07 Å². The average molecular weight is 388 g/mol. The van der Waals surface area contributed by atoms with Gasteiger partial charge in [-0.3, -0.25) is 0 Å². The molecule has 0 aliphatic rings. The summed E-state index contributed by atoms with van der Waals surface area (Å²) in [7, 11) is 1.47. The fraction of sp³-hybridized carbons (Fsp3) is 0.100. The Morgan fingerprint density at radius 1 is 0.893 bits per heavy atom. The molecule has 2 aromatic carbocycles. The molecule has 28 heavy (non-hydrogen) atoms. The molecule has 5 nitrogen and oxygen atoms in total. The summed E-state index contributed by atoms with van der Waals surface area (Å²) in [5, 5.41) is 0.255. The monoisotopic (exact) mass is 388 g/mol. The highest BCUT2D eigenvalue weighted by Gasteiger charge is 2.34. The predicted octanol–water partition coefficient (Wildman–Crippen LogP) is 4.59. The highest BCUT2D eigenvalue weighted by Crippen LogP contribution is 2.35. The Morgan fingerprint density at radius 2 is 1.68 bits per heavy atom. The third-order valence-electron chi connectivity index (χ3n) is 4.30. The molecule has 8 heteroatoms. The van der Waals surface area contributed by atoms with Gasteiger partial charge >= 0.3 is 17.4 Å². The van der Waals surface area contributed by atoms with E-state index in [9.17, 15) is 22.8 Å². The third kappa shape index (κ3) is 3.02. The summed E-state index contributed by atoms with van der Waals surface area (Å²) in [6.45, 7) is 0. The molecule has 0 spiro atoms. The first-order valence-electron chi connectivity index (χ1n) is 8.03. The van der Waals surface area contributed by atoms with E-state index < -0.39 is 23.0 Å². The molecular weight excluding hydrogens is 377 g/mol. The van der Waals surface area contributed by atoms with Crippen LogP contribution in [0.15, 0.2) is 67.0 Å². The molecule has 0 unspecified atom stereocenters. The summed E-state index contributed by atoms with van der Waals surface area (Å²) >= 11 is 0. The molecule has 0 amide bonds. The van der Waals surface area contributed by atoms with Gasteiger partial charge in [-0.15, -0.1) is 0 Å². The lowest BCUT2D eigenvalue weighted by Gasteiger charge is -2.10. The van der Waals surface area contributed by atoms with Crippen molar-refractivity contribution in [1.82, 2.24) is 0 Å². The van der Waals surface area contributed by atoms with Gasteiger partial charge in [-0.2, -0.15) is 13.2 Å². The van der Waals surface area contributed by atoms with E-state index in [0.29, 0.717) is 17.2 Å². The van der Waals surface area contributed by atoms with Crippen LogP contribution in [0.4, 0.5) is 13.2 Å². The SMILES string of the molecule is COc1ccc2cc(-c3ccc4oc(=O)cc(C(F)(F)F)c4c3)c(=O)oc2c1. The van der Waals surface area contributed by atoms with E-state index in [1.165, 1.54) is 31.4 Å². The average Bonchev–Trinajstić information content (AvgIpc) is 2.65. The third-order valence-corrected chi connectivity index (χ3v) is 4.30. The largest absolute Gasteiger partial charge is 0.497 e. The van der Waals surface area contributed by atoms with Gasteiger partial charge in [-0.05, 0) is 35.9 Å². The quantitative estimate of drug-likeness (QED) is 0.470. The van der Waals surface area contributed by atoms with Gasteiger partial charge in [0.15, 0.2) is 0 Å². The van der Waals surface area contributed by atoms with E-state index in [1.807, 2.05) is 0 Å². The molecule has 0 bridgehead atoms. The Labute approximate surface area is 154 Å². The molecule has 0 radical (unpaired) electrons. The number of rotatable bonds is 2. The minimum atomic E-state index is -4.75. The highest BCUT2D eigenvalue weighted by molar-refractivity contribution is 5.88. The van der Waals surface area contributed by atoms with Crippen molar-refractivity contribution < 1.29 is 26.7 Å². The van der Waals surface area contributed by atoms with Gasteiger partial charge in [-0.25, -0.2) is 9.59 Å². The first kappa shape index (κ1) is 17.8. The molecule has 0 saturated heterocycles. The first-order chi connectivity index (χ1) is 13.3. The summed E-state index contributed by atoms with van der Waals surface area (Å²) in [4.78, 5) is 23.8. The van der Waals surface area contributed by atoms with Crippen molar-refractivity contribution in [2.45, 2.75) is 6.18 Å². The topological polar surface area (TPSA) is 69.7 Å². The van der Waals surface area contributed by atoms with Gasteiger partial charge in [0.05, 0.1) is 18.2 Å². The Hall–Kier alpha value is -3.55. The Morgan fingerprint density at radius 3 is 2.39 bits per heavy atom. The van der Waals surface area contributed by atoms with Gasteiger partial charge in [-0.1, -0.05) is 6.07 Å². The fourth-order valence-electron chi connectivity index (χ4n) is 2.98. The van der Waals surface area contributed by atoms with Gasteiger partial charge in [0, 0.05) is 22.9 Å². The van der Waals surface area contributed by atoms with Crippen LogP contribution < -0.4 is 16.0 Å². The smallest absolute Gasteiger partial charge is 0.417 e. The summed E-state index contributed by atoms with van der Waals surface area (Å²) in [6.07, 6.45) is -4.75. The number of hydrogen-bond donors (Lipinski definition) is 0. The number of fused-ring (bicyclic) bond motifs is 2. The molecule has 0 aliphatic carbocycles. The van der Waals surface area contributed by atoms with Gasteiger partial charge in [0.2, 0.25) is 0 Å². The van der Waals surface area contributed by atoms with E-state index >= 15 is 0 Å². The van der Waals surface area contributed by atoms with E-state index in [1.54, 1.807) is 12.1 Å². The number of benzene rings is 2. The van der Waals surface area contributed by atoms with Crippen molar-refractivity contribution in [1.29, 1.82) is 0 Å². The van der Waals surface area contributed by atoms with Gasteiger partial charge in [0.1, 0.15) is 16.9 Å². The van der Waals surface area contributed by atoms with Crippen LogP contribution in [0.1, 0.15) is 5.56 Å². The molecule has 0 atom stereocenters. The lowest BCUT2D eigenvalue weighted by atomic mass is 10.0. The molecular formula is C20H11F3O5. The van der Waals surface area contributed by atoms with E-state index in [2.05, 4.69) is 0 Å². The minimum absolute atomic E-state index is 0.0823. The number of alkyl halides is 3. The van der Waals surface area contributed by atoms with Crippen molar-refractivity contribution in [2.24, 2.45) is 0 Å². The molecule has 2 aromatic heterocycles. The Bertz CT molecular complexity index is 1330. The van der Waals surface area contributed by atoms with Crippen LogP contribution in [0.2, 0.25) is 0 Å². The minimum Gasteiger partial charge on any atom is -0.497 e. The Kier molecular flexibility index (Phi) is 3.99. The zero-order chi connectivity index (χ0) is 20.1. The zero-order valence-corrected chi connectivity index (χ0v) is 14.3. The second-order valence-electron chi connectivity index (χ2n) is 6.04. The molecule has 0 saturated carbocycles. The highest BCUT2D eigenvalue weighted by atomic mass is 19.4. The second-order valence-corrected chi connectivity index (χ2v) is 6.04. The summed E-state index contributed by atoms with van der Waals surface area (Å²) in [6, 6.07) is 10.6. The molecule has 0 N–H and O–H groups in total. The molecule has 0 aliphatic heterocycles. The van der Waals surface area contributed by atoms with Gasteiger partial charge < -0.3 is 13.6 Å². The summed E-state index contributed by atoms with van der Waals surface area (Å²) < 4.78 is 55.2. The maximum absolute atomic E-state index is 13.3. The van der Waals surface area contributed by atoms with E-state index in [-0.39, 0.29) is 27.7 Å². The maximum atomic E-state index is 13.3. The van der Waals surface area contributed by atoms with E-state index in [4.69, 9.17) is 13.6 Å². The van der Waals surface area contributed by atoms with Crippen molar-refractivity contribution in [2.75, 3.05) is 7.11 Å². The Balaban J connectivity index is 1.97. The predicted molar refractivity (Wildman–Crippen MR) is 95.5 cm³/mol. The van der Waals surface area contributed by atoms with Gasteiger partial charge in [0.25, 0.3) is 0 Å². The van der Waals surface area contributed by atoms with Crippen molar-refractivity contribution in [3.05, 3.63) is 74.9 Å². The maximum Gasteiger partial charge on any atom is 0.417 e. The molecule has 142 valence electrons. The lowest BCUT2D eigenvalue weighted by Crippen LogP contribution is -2.11. The summed E-state index contributed by atoms with van der Waals surface area (Å²) in [5.74, 6) is 0.499. The van der Waals surface area contributed by atoms with Crippen LogP contribution in [0, 0.1) is 0 Å². The molecule has 4 rings (SSSR count). The summed E-state index contributed by atoms with van der Waals surface area (Å²) in [5.41, 5.74) is -2.60. The van der Waals surface area contributed by atoms with Crippen LogP contribution in [0.3, 0.4) is 0 Å². The second kappa shape index (κ2) is 6.26. The van der Waals surface area contributed by atoms with Crippen LogP contribution in [0.25, 0.3) is 33.1 Å². The first-order valence-corrected chi connectivity index (χ1v) is 8.03. The molecule has 0 fully saturated rings. The molecule has 4 aromatic rings. The van der Waals surface area contributed by atoms with Crippen LogP contribution in [-0.2, 0) is 6.18 Å². The lowest BCUT2D eigenvalue weighted by molar-refractivity contribution is -0.136. The van der Waals surface area contributed by atoms with Crippen molar-refractivity contribution in [3.63, 3.8) is 0 Å². The van der Waals surface area contributed by atoms with Crippen LogP contribution >= 0.6 is 0 Å². The number of halogens is 3. The number of ether oxygens (including phenoxy) is 1.